The fraction of sp³-hybridized carbons (Fsp3) is 0.688. The van der Waals surface area contributed by atoms with Crippen LogP contribution < -0.4 is 5.32 Å². The van der Waals surface area contributed by atoms with Gasteiger partial charge in [-0.2, -0.15) is 0 Å². The first kappa shape index (κ1) is 18.7. The standard InChI is InChI=1S/C16H26N4O3S/c1-10-13(16(3,4)5)20(15(22)23)7-6-19(10)9-12-8-17-14(24-12)18-11(2)21/h8,10,13H,6-7,9H2,1-5H3,(H,22,23)(H,17,18,21). The number of nitrogens with one attached hydrogen (secondary N) is 1. The molecule has 1 aromatic heterocycles. The lowest BCUT2D eigenvalue weighted by atomic mass is 9.80. The SMILES string of the molecule is CC(=O)Nc1ncc(CN2CCN(C(=O)O)C(C(C)(C)C)C2C)s1. The summed E-state index contributed by atoms with van der Waals surface area (Å²) in [4.78, 5) is 31.8. The zero-order chi connectivity index (χ0) is 18.1. The van der Waals surface area contributed by atoms with Crippen molar-refractivity contribution in [2.24, 2.45) is 5.41 Å². The van der Waals surface area contributed by atoms with E-state index in [1.54, 1.807) is 11.1 Å². The summed E-state index contributed by atoms with van der Waals surface area (Å²) in [5, 5.41) is 12.8. The molecule has 2 rings (SSSR count). The highest BCUT2D eigenvalue weighted by atomic mass is 32.1. The van der Waals surface area contributed by atoms with Gasteiger partial charge in [0, 0.05) is 43.7 Å². The van der Waals surface area contributed by atoms with Gasteiger partial charge >= 0.3 is 6.09 Å². The van der Waals surface area contributed by atoms with Gasteiger partial charge < -0.3 is 15.3 Å². The lowest BCUT2D eigenvalue weighted by molar-refractivity contribution is -0.114. The second-order valence-corrected chi connectivity index (χ2v) is 8.43. The highest BCUT2D eigenvalue weighted by Crippen LogP contribution is 2.33. The van der Waals surface area contributed by atoms with Crippen LogP contribution in [0.2, 0.25) is 0 Å². The Morgan fingerprint density at radius 3 is 2.62 bits per heavy atom. The molecule has 0 spiro atoms. The number of nitrogens with zero attached hydrogens (tertiary/aromatic N) is 3. The first-order valence-electron chi connectivity index (χ1n) is 8.05. The number of carbonyl (C=O) groups is 2. The quantitative estimate of drug-likeness (QED) is 0.872. The summed E-state index contributed by atoms with van der Waals surface area (Å²) in [6.45, 7) is 11.7. The number of carboxylic acid groups (broad SMARTS) is 1. The summed E-state index contributed by atoms with van der Waals surface area (Å²) >= 11 is 1.46. The van der Waals surface area contributed by atoms with Crippen molar-refractivity contribution in [2.45, 2.75) is 53.2 Å². The molecule has 134 valence electrons. The van der Waals surface area contributed by atoms with Crippen molar-refractivity contribution < 1.29 is 14.7 Å². The molecule has 24 heavy (non-hydrogen) atoms. The second kappa shape index (κ2) is 7.06. The van der Waals surface area contributed by atoms with E-state index in [-0.39, 0.29) is 23.4 Å². The van der Waals surface area contributed by atoms with Crippen molar-refractivity contribution in [2.75, 3.05) is 18.4 Å². The molecule has 1 aliphatic heterocycles. The van der Waals surface area contributed by atoms with Crippen molar-refractivity contribution in [3.05, 3.63) is 11.1 Å². The second-order valence-electron chi connectivity index (χ2n) is 7.31. The van der Waals surface area contributed by atoms with E-state index >= 15 is 0 Å². The molecule has 2 amide bonds. The lowest BCUT2D eigenvalue weighted by Gasteiger charge is -2.50. The average molecular weight is 354 g/mol. The Kier molecular flexibility index (Phi) is 5.49. The van der Waals surface area contributed by atoms with Crippen molar-refractivity contribution in [3.8, 4) is 0 Å². The Labute approximate surface area is 146 Å². The van der Waals surface area contributed by atoms with Crippen molar-refractivity contribution in [3.63, 3.8) is 0 Å². The molecule has 0 aliphatic carbocycles. The third-order valence-corrected chi connectivity index (χ3v) is 5.22. The van der Waals surface area contributed by atoms with E-state index in [0.717, 1.165) is 4.88 Å². The molecule has 0 radical (unpaired) electrons. The highest BCUT2D eigenvalue weighted by Gasteiger charge is 2.42. The molecule has 7 nitrogen and oxygen atoms in total. The number of piperazine rings is 1. The van der Waals surface area contributed by atoms with E-state index in [1.165, 1.54) is 18.3 Å². The van der Waals surface area contributed by atoms with Gasteiger partial charge in [-0.25, -0.2) is 9.78 Å². The third-order valence-electron chi connectivity index (χ3n) is 4.33. The predicted octanol–water partition coefficient (Wildman–Crippen LogP) is 2.70. The highest BCUT2D eigenvalue weighted by molar-refractivity contribution is 7.15. The number of hydrogen-bond donors (Lipinski definition) is 2. The maximum Gasteiger partial charge on any atom is 0.407 e. The average Bonchev–Trinajstić information content (AvgIpc) is 2.85. The number of hydrogen-bond acceptors (Lipinski definition) is 5. The minimum absolute atomic E-state index is 0.0773. The van der Waals surface area contributed by atoms with Gasteiger partial charge in [0.25, 0.3) is 0 Å². The predicted molar refractivity (Wildman–Crippen MR) is 94.3 cm³/mol. The van der Waals surface area contributed by atoms with Crippen LogP contribution in [-0.4, -0.2) is 57.1 Å². The molecule has 2 unspecified atom stereocenters. The monoisotopic (exact) mass is 354 g/mol. The molecule has 8 heteroatoms. The number of aromatic nitrogens is 1. The van der Waals surface area contributed by atoms with E-state index < -0.39 is 6.09 Å². The molecular formula is C16H26N4O3S. The van der Waals surface area contributed by atoms with Crippen molar-refractivity contribution in [1.29, 1.82) is 0 Å². The van der Waals surface area contributed by atoms with E-state index in [4.69, 9.17) is 0 Å². The maximum atomic E-state index is 11.6. The van der Waals surface area contributed by atoms with Crippen LogP contribution in [0.4, 0.5) is 9.93 Å². The number of rotatable bonds is 3. The van der Waals surface area contributed by atoms with Crippen molar-refractivity contribution >= 4 is 28.5 Å². The van der Waals surface area contributed by atoms with Gasteiger partial charge in [-0.15, -0.1) is 11.3 Å². The van der Waals surface area contributed by atoms with Crippen LogP contribution in [-0.2, 0) is 11.3 Å². The fourth-order valence-electron chi connectivity index (χ4n) is 3.46. The van der Waals surface area contributed by atoms with Gasteiger partial charge in [-0.1, -0.05) is 20.8 Å². The molecule has 1 fully saturated rings. The molecule has 2 heterocycles. The van der Waals surface area contributed by atoms with Crippen LogP contribution in [0.25, 0.3) is 0 Å². The summed E-state index contributed by atoms with van der Waals surface area (Å²) < 4.78 is 0. The Balaban J connectivity index is 2.13. The van der Waals surface area contributed by atoms with E-state index in [2.05, 4.69) is 42.9 Å². The zero-order valence-corrected chi connectivity index (χ0v) is 15.7. The molecule has 2 atom stereocenters. The summed E-state index contributed by atoms with van der Waals surface area (Å²) in [6.07, 6.45) is 0.922. The van der Waals surface area contributed by atoms with Gasteiger partial charge in [0.05, 0.1) is 6.04 Å². The number of thiazole rings is 1. The Morgan fingerprint density at radius 2 is 2.08 bits per heavy atom. The molecule has 0 aromatic carbocycles. The maximum absolute atomic E-state index is 11.6. The minimum atomic E-state index is -0.854. The zero-order valence-electron chi connectivity index (χ0n) is 14.9. The first-order chi connectivity index (χ1) is 11.1. The molecule has 1 aromatic rings. The normalized spacial score (nSPS) is 22.5. The number of carbonyl (C=O) groups excluding carboxylic acids is 1. The molecule has 0 bridgehead atoms. The van der Waals surface area contributed by atoms with Crippen molar-refractivity contribution in [1.82, 2.24) is 14.8 Å². The van der Waals surface area contributed by atoms with Crippen LogP contribution in [0.5, 0.6) is 0 Å². The Hall–Kier alpha value is -1.67. The van der Waals surface area contributed by atoms with Crippen LogP contribution in [0, 0.1) is 5.41 Å². The molecule has 1 saturated heterocycles. The Morgan fingerprint density at radius 1 is 1.42 bits per heavy atom. The number of amides is 2. The topological polar surface area (TPSA) is 85.8 Å². The molecular weight excluding hydrogens is 328 g/mol. The summed E-state index contributed by atoms with van der Waals surface area (Å²) in [7, 11) is 0. The van der Waals surface area contributed by atoms with Gasteiger partial charge in [0.2, 0.25) is 5.91 Å². The van der Waals surface area contributed by atoms with Gasteiger partial charge in [-0.3, -0.25) is 9.69 Å². The van der Waals surface area contributed by atoms with Gasteiger partial charge in [0.1, 0.15) is 0 Å². The minimum Gasteiger partial charge on any atom is -0.465 e. The fourth-order valence-corrected chi connectivity index (χ4v) is 4.34. The van der Waals surface area contributed by atoms with Crippen LogP contribution in [0.1, 0.15) is 39.5 Å². The van der Waals surface area contributed by atoms with Crippen LogP contribution >= 0.6 is 11.3 Å². The van der Waals surface area contributed by atoms with E-state index in [0.29, 0.717) is 24.8 Å². The molecule has 2 N–H and O–H groups in total. The van der Waals surface area contributed by atoms with E-state index in [9.17, 15) is 14.7 Å². The van der Waals surface area contributed by atoms with Gasteiger partial charge in [0.15, 0.2) is 5.13 Å². The van der Waals surface area contributed by atoms with Crippen LogP contribution in [0.15, 0.2) is 6.20 Å². The Bertz CT molecular complexity index is 611. The lowest BCUT2D eigenvalue weighted by Crippen LogP contribution is -2.63. The smallest absolute Gasteiger partial charge is 0.407 e. The summed E-state index contributed by atoms with van der Waals surface area (Å²) in [5.74, 6) is -0.132. The number of anilines is 1. The van der Waals surface area contributed by atoms with Crippen LogP contribution in [0.3, 0.4) is 0 Å². The largest absolute Gasteiger partial charge is 0.465 e. The first-order valence-corrected chi connectivity index (χ1v) is 8.87. The molecule has 1 aliphatic rings. The molecule has 0 saturated carbocycles. The van der Waals surface area contributed by atoms with E-state index in [1.807, 2.05) is 0 Å². The third kappa shape index (κ3) is 4.24. The summed E-state index contributed by atoms with van der Waals surface area (Å²) in [6, 6.07) is 0.0210. The van der Waals surface area contributed by atoms with Gasteiger partial charge in [-0.05, 0) is 12.3 Å². The summed E-state index contributed by atoms with van der Waals surface area (Å²) in [5.41, 5.74) is -0.147.